The smallest absolute Gasteiger partial charge is 0.338 e. The quantitative estimate of drug-likeness (QED) is 0.130. The van der Waals surface area contributed by atoms with E-state index in [0.29, 0.717) is 46.0 Å². The molecule has 15 heteroatoms. The van der Waals surface area contributed by atoms with Crippen LogP contribution in [-0.4, -0.2) is 34.0 Å². The second kappa shape index (κ2) is 13.2. The first-order valence-corrected chi connectivity index (χ1v) is 20.9. The molecule has 5 heterocycles. The molecular formula is C38H20Cl2N2O6S5. The van der Waals surface area contributed by atoms with Crippen LogP contribution < -0.4 is 10.6 Å². The van der Waals surface area contributed by atoms with E-state index < -0.39 is 29.0 Å². The number of nitrogens with one attached hydrogen (secondary N) is 2. The van der Waals surface area contributed by atoms with Crippen LogP contribution in [0.15, 0.2) is 82.6 Å². The molecular weight excluding hydrogens is 812 g/mol. The summed E-state index contributed by atoms with van der Waals surface area (Å²) in [6, 6.07) is 21.6. The first-order chi connectivity index (χ1) is 25.5. The molecule has 53 heavy (non-hydrogen) atoms. The number of carboxylic acids is 2. The Morgan fingerprint density at radius 3 is 1.74 bits per heavy atom. The minimum Gasteiger partial charge on any atom is -0.478 e. The SMILES string of the molecule is O=C(Nc1ccc2c(c1)sc1cc(NC(=O)c3cc4c(s3)-c3cc(Cl)ccc3SC4)c(C(=O)O)c(C(=O)O)c12)c1cc2c(s1)-c1cc(Cl)ccc1SC2. The van der Waals surface area contributed by atoms with Gasteiger partial charge in [0.05, 0.1) is 26.6 Å². The summed E-state index contributed by atoms with van der Waals surface area (Å²) in [4.78, 5) is 57.6. The molecule has 9 rings (SSSR count). The average molecular weight is 832 g/mol. The molecule has 7 aromatic rings. The first kappa shape index (κ1) is 34.4. The molecule has 0 spiro atoms. The largest absolute Gasteiger partial charge is 0.478 e. The highest BCUT2D eigenvalue weighted by molar-refractivity contribution is 7.99. The number of benzene rings is 4. The minimum absolute atomic E-state index is 0.126. The molecule has 3 aromatic heterocycles. The van der Waals surface area contributed by atoms with Crippen LogP contribution in [0.1, 0.15) is 51.2 Å². The number of thioether (sulfide) groups is 2. The number of hydrogen-bond acceptors (Lipinski definition) is 9. The highest BCUT2D eigenvalue weighted by Gasteiger charge is 2.29. The van der Waals surface area contributed by atoms with Crippen molar-refractivity contribution in [2.75, 3.05) is 10.6 Å². The molecule has 0 atom stereocenters. The number of aromatic carboxylic acids is 2. The maximum atomic E-state index is 13.7. The third-order valence-electron chi connectivity index (χ3n) is 8.90. The van der Waals surface area contributed by atoms with Gasteiger partial charge in [-0.2, -0.15) is 0 Å². The van der Waals surface area contributed by atoms with Gasteiger partial charge in [0.1, 0.15) is 0 Å². The molecule has 2 amide bonds. The standard InChI is InChI=1S/C38H20Cl2N2O6S5/c39-17-1-5-24-21(9-17)33-15(13-49-24)7-28(52-33)35(43)41-19-3-4-20-26(11-19)51-27-12-23(31(37(45)46)32(30(20)27)38(47)48)42-36(44)29-8-16-14-50-25-6-2-18(40)10-22(25)34(16)53-29/h1-12H,13-14H2,(H,41,43)(H,42,44)(H,45,46)(H,47,48). The molecule has 2 aliphatic heterocycles. The number of fused-ring (bicyclic) bond motifs is 9. The van der Waals surface area contributed by atoms with Crippen molar-refractivity contribution in [2.24, 2.45) is 0 Å². The number of anilines is 2. The molecule has 0 unspecified atom stereocenters. The average Bonchev–Trinajstić information content (AvgIpc) is 3.86. The number of hydrogen-bond donors (Lipinski definition) is 4. The Morgan fingerprint density at radius 2 is 1.17 bits per heavy atom. The molecule has 2 aliphatic rings. The maximum Gasteiger partial charge on any atom is 0.338 e. The molecule has 262 valence electrons. The summed E-state index contributed by atoms with van der Waals surface area (Å²) in [6.07, 6.45) is 0. The molecule has 4 N–H and O–H groups in total. The van der Waals surface area contributed by atoms with Crippen molar-refractivity contribution in [2.45, 2.75) is 21.3 Å². The van der Waals surface area contributed by atoms with Crippen molar-refractivity contribution in [3.05, 3.63) is 115 Å². The van der Waals surface area contributed by atoms with Gasteiger partial charge in [-0.15, -0.1) is 57.5 Å². The fraction of sp³-hybridized carbons (Fsp3) is 0.0526. The first-order valence-electron chi connectivity index (χ1n) is 15.8. The van der Waals surface area contributed by atoms with Crippen LogP contribution in [0.4, 0.5) is 11.4 Å². The summed E-state index contributed by atoms with van der Waals surface area (Å²) in [5, 5.41) is 28.3. The molecule has 0 radical (unpaired) electrons. The molecule has 0 aliphatic carbocycles. The Hall–Kier alpha value is -4.34. The van der Waals surface area contributed by atoms with Gasteiger partial charge in [0, 0.05) is 78.1 Å². The van der Waals surface area contributed by atoms with Crippen LogP contribution in [0.3, 0.4) is 0 Å². The molecule has 4 aromatic carbocycles. The van der Waals surface area contributed by atoms with E-state index >= 15 is 0 Å². The van der Waals surface area contributed by atoms with Gasteiger partial charge in [0.15, 0.2) is 0 Å². The summed E-state index contributed by atoms with van der Waals surface area (Å²) in [5.74, 6) is -2.38. The van der Waals surface area contributed by atoms with E-state index in [4.69, 9.17) is 23.2 Å². The van der Waals surface area contributed by atoms with E-state index in [1.165, 1.54) is 40.1 Å². The minimum atomic E-state index is -1.49. The summed E-state index contributed by atoms with van der Waals surface area (Å²) < 4.78 is 1.10. The van der Waals surface area contributed by atoms with Gasteiger partial charge in [-0.1, -0.05) is 29.3 Å². The zero-order chi connectivity index (χ0) is 36.7. The number of halogens is 2. The van der Waals surface area contributed by atoms with Crippen LogP contribution in [0.25, 0.3) is 41.1 Å². The number of carbonyl (C=O) groups is 4. The fourth-order valence-corrected chi connectivity index (χ4v) is 12.7. The zero-order valence-electron chi connectivity index (χ0n) is 26.7. The lowest BCUT2D eigenvalue weighted by Crippen LogP contribution is -2.17. The van der Waals surface area contributed by atoms with Gasteiger partial charge in [-0.3, -0.25) is 9.59 Å². The molecule has 0 bridgehead atoms. The number of amides is 2. The van der Waals surface area contributed by atoms with Gasteiger partial charge in [0.2, 0.25) is 0 Å². The van der Waals surface area contributed by atoms with E-state index in [1.54, 1.807) is 47.8 Å². The summed E-state index contributed by atoms with van der Waals surface area (Å²) in [6.45, 7) is 0. The maximum absolute atomic E-state index is 13.7. The fourth-order valence-electron chi connectivity index (χ4n) is 6.60. The predicted molar refractivity (Wildman–Crippen MR) is 218 cm³/mol. The number of carbonyl (C=O) groups excluding carboxylic acids is 2. The van der Waals surface area contributed by atoms with E-state index in [2.05, 4.69) is 10.6 Å². The lowest BCUT2D eigenvalue weighted by Gasteiger charge is -2.15. The van der Waals surface area contributed by atoms with Crippen molar-refractivity contribution >= 4 is 136 Å². The normalized spacial score (nSPS) is 12.9. The zero-order valence-corrected chi connectivity index (χ0v) is 32.3. The Morgan fingerprint density at radius 1 is 0.604 bits per heavy atom. The molecule has 8 nitrogen and oxygen atoms in total. The monoisotopic (exact) mass is 830 g/mol. The lowest BCUT2D eigenvalue weighted by atomic mass is 9.98. The predicted octanol–water partition coefficient (Wildman–Crippen LogP) is 11.9. The number of carboxylic acid groups (broad SMARTS) is 2. The Bertz CT molecular complexity index is 2790. The lowest BCUT2D eigenvalue weighted by molar-refractivity contribution is 0.0654. The van der Waals surface area contributed by atoms with E-state index in [1.807, 2.05) is 42.5 Å². The third-order valence-corrected chi connectivity index (χ3v) is 15.1. The highest BCUT2D eigenvalue weighted by Crippen LogP contribution is 2.48. The molecule has 0 saturated heterocycles. The molecule has 0 saturated carbocycles. The highest BCUT2D eigenvalue weighted by atomic mass is 35.5. The van der Waals surface area contributed by atoms with Gasteiger partial charge >= 0.3 is 11.9 Å². The van der Waals surface area contributed by atoms with E-state index in [-0.39, 0.29) is 17.0 Å². The summed E-state index contributed by atoms with van der Waals surface area (Å²) in [5.41, 5.74) is 3.37. The van der Waals surface area contributed by atoms with Crippen molar-refractivity contribution in [3.63, 3.8) is 0 Å². The Labute approximate surface area is 330 Å². The second-order valence-corrected chi connectivity index (χ2v) is 18.3. The van der Waals surface area contributed by atoms with Crippen molar-refractivity contribution in [3.8, 4) is 20.9 Å². The van der Waals surface area contributed by atoms with Crippen LogP contribution in [-0.2, 0) is 11.5 Å². The summed E-state index contributed by atoms with van der Waals surface area (Å²) >= 11 is 19.8. The van der Waals surface area contributed by atoms with Crippen LogP contribution in [0, 0.1) is 0 Å². The van der Waals surface area contributed by atoms with Crippen LogP contribution >= 0.6 is 80.7 Å². The van der Waals surface area contributed by atoms with Gasteiger partial charge in [-0.05, 0) is 77.9 Å². The second-order valence-electron chi connectivity index (χ2n) is 12.2. The van der Waals surface area contributed by atoms with Crippen molar-refractivity contribution < 1.29 is 29.4 Å². The molecule has 0 fully saturated rings. The van der Waals surface area contributed by atoms with Gasteiger partial charge in [0.25, 0.3) is 11.8 Å². The van der Waals surface area contributed by atoms with Crippen LogP contribution in [0.5, 0.6) is 0 Å². The van der Waals surface area contributed by atoms with E-state index in [9.17, 15) is 29.4 Å². The number of thiophene rings is 3. The van der Waals surface area contributed by atoms with Gasteiger partial charge < -0.3 is 20.8 Å². The van der Waals surface area contributed by atoms with Crippen LogP contribution in [0.2, 0.25) is 10.0 Å². The third kappa shape index (κ3) is 6.00. The Kier molecular flexibility index (Phi) is 8.58. The van der Waals surface area contributed by atoms with Crippen molar-refractivity contribution in [1.82, 2.24) is 0 Å². The van der Waals surface area contributed by atoms with E-state index in [0.717, 1.165) is 47.6 Å². The summed E-state index contributed by atoms with van der Waals surface area (Å²) in [7, 11) is 0. The van der Waals surface area contributed by atoms with Gasteiger partial charge in [-0.25, -0.2) is 9.59 Å². The number of rotatable bonds is 6. The topological polar surface area (TPSA) is 133 Å². The van der Waals surface area contributed by atoms with Crippen molar-refractivity contribution in [1.29, 1.82) is 0 Å². The Balaban J connectivity index is 1.05.